The Labute approximate surface area is 141 Å². The molecule has 0 aliphatic rings. The SMILES string of the molecule is CCCOc1ccc(Br)cc1CNc1ccc(F)c(Br)c1. The van der Waals surface area contributed by atoms with Crippen LogP contribution in [0.3, 0.4) is 0 Å². The summed E-state index contributed by atoms with van der Waals surface area (Å²) in [4.78, 5) is 0. The van der Waals surface area contributed by atoms with Crippen LogP contribution in [-0.2, 0) is 6.54 Å². The third-order valence-electron chi connectivity index (χ3n) is 2.89. The third kappa shape index (κ3) is 4.71. The van der Waals surface area contributed by atoms with Crippen molar-refractivity contribution < 1.29 is 9.13 Å². The minimum atomic E-state index is -0.269. The summed E-state index contributed by atoms with van der Waals surface area (Å²) in [5, 5.41) is 3.28. The van der Waals surface area contributed by atoms with E-state index in [9.17, 15) is 4.39 Å². The van der Waals surface area contributed by atoms with Gasteiger partial charge in [0.15, 0.2) is 0 Å². The Bertz CT molecular complexity index is 619. The van der Waals surface area contributed by atoms with Crippen LogP contribution in [-0.4, -0.2) is 6.61 Å². The lowest BCUT2D eigenvalue weighted by Crippen LogP contribution is -2.04. The molecule has 0 saturated carbocycles. The number of anilines is 1. The van der Waals surface area contributed by atoms with E-state index in [2.05, 4.69) is 44.1 Å². The van der Waals surface area contributed by atoms with Gasteiger partial charge in [-0.15, -0.1) is 0 Å². The maximum absolute atomic E-state index is 13.2. The summed E-state index contributed by atoms with van der Waals surface area (Å²) in [6.07, 6.45) is 0.966. The molecule has 2 aromatic rings. The van der Waals surface area contributed by atoms with Crippen LogP contribution in [0.5, 0.6) is 5.75 Å². The van der Waals surface area contributed by atoms with Crippen LogP contribution in [0.15, 0.2) is 45.3 Å². The first-order valence-electron chi connectivity index (χ1n) is 6.70. The van der Waals surface area contributed by atoms with Crippen molar-refractivity contribution in [2.75, 3.05) is 11.9 Å². The van der Waals surface area contributed by atoms with Gasteiger partial charge in [0.1, 0.15) is 11.6 Å². The molecule has 0 unspecified atom stereocenters. The lowest BCUT2D eigenvalue weighted by molar-refractivity contribution is 0.314. The molecule has 2 nitrogen and oxygen atoms in total. The van der Waals surface area contributed by atoms with Crippen molar-refractivity contribution in [1.82, 2.24) is 0 Å². The van der Waals surface area contributed by atoms with Gasteiger partial charge in [0.25, 0.3) is 0 Å². The summed E-state index contributed by atoms with van der Waals surface area (Å²) >= 11 is 6.66. The number of halogens is 3. The molecule has 5 heteroatoms. The van der Waals surface area contributed by atoms with Gasteiger partial charge in [-0.2, -0.15) is 0 Å². The van der Waals surface area contributed by atoms with E-state index in [-0.39, 0.29) is 5.82 Å². The monoisotopic (exact) mass is 415 g/mol. The van der Waals surface area contributed by atoms with Crippen molar-refractivity contribution in [2.45, 2.75) is 19.9 Å². The van der Waals surface area contributed by atoms with E-state index < -0.39 is 0 Å². The van der Waals surface area contributed by atoms with Crippen LogP contribution in [0, 0.1) is 5.82 Å². The van der Waals surface area contributed by atoms with Gasteiger partial charge in [0.2, 0.25) is 0 Å². The van der Waals surface area contributed by atoms with E-state index >= 15 is 0 Å². The highest BCUT2D eigenvalue weighted by molar-refractivity contribution is 9.10. The van der Waals surface area contributed by atoms with Crippen molar-refractivity contribution in [2.24, 2.45) is 0 Å². The average molecular weight is 417 g/mol. The Morgan fingerprint density at radius 1 is 1.14 bits per heavy atom. The molecular formula is C16H16Br2FNO. The summed E-state index contributed by atoms with van der Waals surface area (Å²) in [7, 11) is 0. The first kappa shape index (κ1) is 16.3. The van der Waals surface area contributed by atoms with E-state index in [1.54, 1.807) is 12.1 Å². The van der Waals surface area contributed by atoms with Gasteiger partial charge < -0.3 is 10.1 Å². The van der Waals surface area contributed by atoms with E-state index in [0.29, 0.717) is 17.6 Å². The summed E-state index contributed by atoms with van der Waals surface area (Å²) in [5.41, 5.74) is 1.91. The Morgan fingerprint density at radius 3 is 2.67 bits per heavy atom. The molecule has 0 saturated heterocycles. The maximum atomic E-state index is 13.2. The number of ether oxygens (including phenoxy) is 1. The second kappa shape index (κ2) is 7.80. The zero-order valence-electron chi connectivity index (χ0n) is 11.6. The summed E-state index contributed by atoms with van der Waals surface area (Å²) in [6.45, 7) is 3.38. The molecule has 0 heterocycles. The van der Waals surface area contributed by atoms with E-state index in [1.165, 1.54) is 6.07 Å². The van der Waals surface area contributed by atoms with Crippen LogP contribution >= 0.6 is 31.9 Å². The molecule has 0 aliphatic carbocycles. The molecule has 0 aromatic heterocycles. The van der Waals surface area contributed by atoms with Crippen molar-refractivity contribution in [1.29, 1.82) is 0 Å². The average Bonchev–Trinajstić information content (AvgIpc) is 2.47. The van der Waals surface area contributed by atoms with Gasteiger partial charge in [-0.05, 0) is 58.7 Å². The Kier molecular flexibility index (Phi) is 6.06. The molecular weight excluding hydrogens is 401 g/mol. The Hall–Kier alpha value is -1.07. The second-order valence-corrected chi connectivity index (χ2v) is 6.35. The second-order valence-electron chi connectivity index (χ2n) is 4.58. The lowest BCUT2D eigenvalue weighted by atomic mass is 10.2. The zero-order chi connectivity index (χ0) is 15.2. The Morgan fingerprint density at radius 2 is 1.95 bits per heavy atom. The van der Waals surface area contributed by atoms with Gasteiger partial charge in [-0.1, -0.05) is 22.9 Å². The van der Waals surface area contributed by atoms with Gasteiger partial charge in [-0.25, -0.2) is 4.39 Å². The molecule has 21 heavy (non-hydrogen) atoms. The van der Waals surface area contributed by atoms with E-state index in [1.807, 2.05) is 18.2 Å². The minimum Gasteiger partial charge on any atom is -0.493 e. The van der Waals surface area contributed by atoms with Crippen LogP contribution < -0.4 is 10.1 Å². The maximum Gasteiger partial charge on any atom is 0.137 e. The van der Waals surface area contributed by atoms with Gasteiger partial charge >= 0.3 is 0 Å². The number of nitrogens with one attached hydrogen (secondary N) is 1. The number of hydrogen-bond acceptors (Lipinski definition) is 2. The van der Waals surface area contributed by atoms with Crippen LogP contribution in [0.4, 0.5) is 10.1 Å². The third-order valence-corrected chi connectivity index (χ3v) is 3.99. The van der Waals surface area contributed by atoms with Crippen molar-refractivity contribution in [3.05, 3.63) is 56.7 Å². The first-order valence-corrected chi connectivity index (χ1v) is 8.29. The molecule has 1 N–H and O–H groups in total. The molecule has 0 amide bonds. The fourth-order valence-corrected chi connectivity index (χ4v) is 2.63. The highest BCUT2D eigenvalue weighted by Gasteiger charge is 2.06. The molecule has 0 atom stereocenters. The lowest BCUT2D eigenvalue weighted by Gasteiger charge is -2.13. The Balaban J connectivity index is 2.10. The summed E-state index contributed by atoms with van der Waals surface area (Å²) in [5.74, 6) is 0.601. The quantitative estimate of drug-likeness (QED) is 0.647. The van der Waals surface area contributed by atoms with Crippen LogP contribution in [0.1, 0.15) is 18.9 Å². The first-order chi connectivity index (χ1) is 10.1. The van der Waals surface area contributed by atoms with Crippen molar-refractivity contribution in [3.63, 3.8) is 0 Å². The predicted octanol–water partition coefficient (Wildman–Crippen LogP) is 5.75. The highest BCUT2D eigenvalue weighted by Crippen LogP contribution is 2.25. The summed E-state index contributed by atoms with van der Waals surface area (Å²) < 4.78 is 20.4. The molecule has 112 valence electrons. The predicted molar refractivity (Wildman–Crippen MR) is 91.4 cm³/mol. The fourth-order valence-electron chi connectivity index (χ4n) is 1.84. The van der Waals surface area contributed by atoms with Crippen molar-refractivity contribution in [3.8, 4) is 5.75 Å². The topological polar surface area (TPSA) is 21.3 Å². The largest absolute Gasteiger partial charge is 0.493 e. The smallest absolute Gasteiger partial charge is 0.137 e. The number of hydrogen-bond donors (Lipinski definition) is 1. The van der Waals surface area contributed by atoms with Crippen molar-refractivity contribution >= 4 is 37.5 Å². The number of benzene rings is 2. The molecule has 2 aromatic carbocycles. The molecule has 0 fully saturated rings. The van der Waals surface area contributed by atoms with E-state index in [4.69, 9.17) is 4.74 Å². The fraction of sp³-hybridized carbons (Fsp3) is 0.250. The summed E-state index contributed by atoms with van der Waals surface area (Å²) in [6, 6.07) is 10.8. The molecule has 0 aliphatic heterocycles. The van der Waals surface area contributed by atoms with Gasteiger partial charge in [0, 0.05) is 22.3 Å². The van der Waals surface area contributed by atoms with Crippen LogP contribution in [0.2, 0.25) is 0 Å². The molecule has 2 rings (SSSR count). The van der Waals surface area contributed by atoms with Gasteiger partial charge in [0.05, 0.1) is 11.1 Å². The minimum absolute atomic E-state index is 0.269. The number of rotatable bonds is 6. The molecule has 0 spiro atoms. The standard InChI is InChI=1S/C16H16Br2FNO/c1-2-7-21-16-6-3-12(17)8-11(16)10-20-13-4-5-15(19)14(18)9-13/h3-6,8-9,20H,2,7,10H2,1H3. The van der Waals surface area contributed by atoms with Gasteiger partial charge in [-0.3, -0.25) is 0 Å². The normalized spacial score (nSPS) is 10.5. The van der Waals surface area contributed by atoms with Crippen LogP contribution in [0.25, 0.3) is 0 Å². The zero-order valence-corrected chi connectivity index (χ0v) is 14.8. The molecule has 0 radical (unpaired) electrons. The highest BCUT2D eigenvalue weighted by atomic mass is 79.9. The molecule has 0 bridgehead atoms. The van der Waals surface area contributed by atoms with E-state index in [0.717, 1.165) is 27.9 Å².